The number of nitrogens with zero attached hydrogens (tertiary/aromatic N) is 4. The van der Waals surface area contributed by atoms with Gasteiger partial charge in [-0.2, -0.15) is 4.98 Å². The highest BCUT2D eigenvalue weighted by Crippen LogP contribution is 2.34. The lowest BCUT2D eigenvalue weighted by Gasteiger charge is -2.33. The highest BCUT2D eigenvalue weighted by atomic mass is 35.5. The summed E-state index contributed by atoms with van der Waals surface area (Å²) in [6.45, 7) is 2.76. The van der Waals surface area contributed by atoms with Crippen molar-refractivity contribution in [2.45, 2.75) is 63.1 Å². The molecular weight excluding hydrogens is 479 g/mol. The molecule has 0 atom stereocenters. The lowest BCUT2D eigenvalue weighted by molar-refractivity contribution is 0.126. The van der Waals surface area contributed by atoms with Crippen molar-refractivity contribution in [1.29, 1.82) is 0 Å². The smallest absolute Gasteiger partial charge is 0.229 e. The zero-order valence-electron chi connectivity index (χ0n) is 20.2. The topological polar surface area (TPSA) is 86.2 Å². The van der Waals surface area contributed by atoms with Crippen LogP contribution in [0, 0.1) is 5.82 Å². The van der Waals surface area contributed by atoms with Crippen molar-refractivity contribution in [3.63, 3.8) is 0 Å². The minimum atomic E-state index is -0.202. The van der Waals surface area contributed by atoms with Crippen molar-refractivity contribution in [3.05, 3.63) is 70.9 Å². The number of aliphatic hydroxyl groups excluding tert-OH is 1. The lowest BCUT2D eigenvalue weighted by atomic mass is 9.89. The molecule has 7 nitrogen and oxygen atoms in total. The van der Waals surface area contributed by atoms with Crippen LogP contribution in [0.2, 0.25) is 5.15 Å². The molecule has 190 valence electrons. The van der Waals surface area contributed by atoms with Crippen molar-refractivity contribution in [3.8, 4) is 0 Å². The molecular formula is C27H32ClFN6O. The summed E-state index contributed by atoms with van der Waals surface area (Å²) in [6, 6.07) is 10.6. The van der Waals surface area contributed by atoms with Gasteiger partial charge in [-0.05, 0) is 87.4 Å². The van der Waals surface area contributed by atoms with Crippen LogP contribution in [-0.4, -0.2) is 50.2 Å². The molecule has 0 bridgehead atoms. The number of halogens is 2. The maximum atomic E-state index is 13.2. The Bertz CT molecular complexity index is 1150. The number of benzene rings is 1. The predicted molar refractivity (Wildman–Crippen MR) is 140 cm³/mol. The fraction of sp³-hybridized carbons (Fsp3) is 0.444. The minimum absolute atomic E-state index is 0.199. The SMILES string of the molecule is OC1CCC(Nc2nc(Nc3ccnc(Cl)c3)ncc2C2CCN(Cc3ccc(F)cc3)CC2)CC1. The first-order valence-corrected chi connectivity index (χ1v) is 13.1. The highest BCUT2D eigenvalue weighted by molar-refractivity contribution is 6.29. The fourth-order valence-corrected chi connectivity index (χ4v) is 5.31. The molecule has 1 saturated heterocycles. The average molecular weight is 511 g/mol. The average Bonchev–Trinajstić information content (AvgIpc) is 2.88. The van der Waals surface area contributed by atoms with Gasteiger partial charge in [0.15, 0.2) is 0 Å². The third-order valence-electron chi connectivity index (χ3n) is 7.18. The van der Waals surface area contributed by atoms with Crippen LogP contribution < -0.4 is 10.6 Å². The highest BCUT2D eigenvalue weighted by Gasteiger charge is 2.26. The molecule has 9 heteroatoms. The molecule has 3 N–H and O–H groups in total. The van der Waals surface area contributed by atoms with Gasteiger partial charge in [0, 0.05) is 36.2 Å². The van der Waals surface area contributed by atoms with E-state index in [1.807, 2.05) is 24.4 Å². The zero-order chi connectivity index (χ0) is 24.9. The molecule has 2 aliphatic rings. The second-order valence-electron chi connectivity index (χ2n) is 9.82. The number of hydrogen-bond acceptors (Lipinski definition) is 7. The summed E-state index contributed by atoms with van der Waals surface area (Å²) in [5.41, 5.74) is 3.05. The Kier molecular flexibility index (Phi) is 7.94. The van der Waals surface area contributed by atoms with E-state index in [1.54, 1.807) is 12.3 Å². The summed E-state index contributed by atoms with van der Waals surface area (Å²) < 4.78 is 13.2. The van der Waals surface area contributed by atoms with Crippen LogP contribution in [0.15, 0.2) is 48.8 Å². The Morgan fingerprint density at radius 2 is 1.75 bits per heavy atom. The third-order valence-corrected chi connectivity index (χ3v) is 7.39. The number of nitrogens with one attached hydrogen (secondary N) is 2. The van der Waals surface area contributed by atoms with Crippen molar-refractivity contribution in [1.82, 2.24) is 19.9 Å². The molecule has 36 heavy (non-hydrogen) atoms. The molecule has 5 rings (SSSR count). The molecule has 1 aliphatic heterocycles. The van der Waals surface area contributed by atoms with Gasteiger partial charge in [-0.3, -0.25) is 4.90 Å². The quantitative estimate of drug-likeness (QED) is 0.362. The van der Waals surface area contributed by atoms with Gasteiger partial charge in [0.2, 0.25) is 5.95 Å². The Labute approximate surface area is 216 Å². The van der Waals surface area contributed by atoms with Crippen molar-refractivity contribution >= 4 is 29.1 Å². The van der Waals surface area contributed by atoms with E-state index in [-0.39, 0.29) is 18.0 Å². The minimum Gasteiger partial charge on any atom is -0.393 e. The number of likely N-dealkylation sites (tertiary alicyclic amines) is 1. The van der Waals surface area contributed by atoms with E-state index in [0.717, 1.165) is 80.8 Å². The molecule has 0 amide bonds. The normalized spacial score (nSPS) is 21.3. The molecule has 1 aromatic carbocycles. The van der Waals surface area contributed by atoms with E-state index in [9.17, 15) is 9.50 Å². The van der Waals surface area contributed by atoms with Gasteiger partial charge in [-0.15, -0.1) is 0 Å². The van der Waals surface area contributed by atoms with E-state index >= 15 is 0 Å². The fourth-order valence-electron chi connectivity index (χ4n) is 5.14. The Hall–Kier alpha value is -2.81. The third kappa shape index (κ3) is 6.49. The Balaban J connectivity index is 1.29. The molecule has 3 heterocycles. The van der Waals surface area contributed by atoms with Crippen LogP contribution in [0.1, 0.15) is 55.6 Å². The summed E-state index contributed by atoms with van der Waals surface area (Å²) in [6.07, 6.45) is 8.86. The molecule has 0 spiro atoms. The van der Waals surface area contributed by atoms with Crippen LogP contribution in [0.4, 0.5) is 21.8 Å². The van der Waals surface area contributed by atoms with Gasteiger partial charge in [0.25, 0.3) is 0 Å². The number of anilines is 3. The van der Waals surface area contributed by atoms with Gasteiger partial charge in [0.05, 0.1) is 6.10 Å². The van der Waals surface area contributed by atoms with E-state index in [1.165, 1.54) is 12.1 Å². The summed E-state index contributed by atoms with van der Waals surface area (Å²) in [7, 11) is 0. The first-order valence-electron chi connectivity index (χ1n) is 12.7. The van der Waals surface area contributed by atoms with Gasteiger partial charge < -0.3 is 15.7 Å². The number of aliphatic hydroxyl groups is 1. The lowest BCUT2D eigenvalue weighted by Crippen LogP contribution is -2.33. The van der Waals surface area contributed by atoms with Gasteiger partial charge in [0.1, 0.15) is 16.8 Å². The number of rotatable bonds is 7. The molecule has 2 aromatic heterocycles. The summed E-state index contributed by atoms with van der Waals surface area (Å²) in [5, 5.41) is 17.2. The molecule has 1 aliphatic carbocycles. The summed E-state index contributed by atoms with van der Waals surface area (Å²) in [5.74, 6) is 1.53. The van der Waals surface area contributed by atoms with Gasteiger partial charge >= 0.3 is 0 Å². The predicted octanol–water partition coefficient (Wildman–Crippen LogP) is 5.50. The second kappa shape index (κ2) is 11.5. The number of pyridine rings is 1. The van der Waals surface area contributed by atoms with E-state index < -0.39 is 0 Å². The molecule has 1 saturated carbocycles. The first kappa shape index (κ1) is 24.9. The first-order chi connectivity index (χ1) is 17.5. The maximum Gasteiger partial charge on any atom is 0.229 e. The van der Waals surface area contributed by atoms with Crippen molar-refractivity contribution < 1.29 is 9.50 Å². The summed E-state index contributed by atoms with van der Waals surface area (Å²) in [4.78, 5) is 15.9. The molecule has 2 fully saturated rings. The van der Waals surface area contributed by atoms with E-state index in [0.29, 0.717) is 17.0 Å². The Morgan fingerprint density at radius 3 is 2.47 bits per heavy atom. The standard InChI is InChI=1S/C27H32ClFN6O/c28-25-15-22(9-12-30-25)33-27-31-16-24(26(34-27)32-21-5-7-23(36)8-6-21)19-10-13-35(14-11-19)17-18-1-3-20(29)4-2-18/h1-4,9,12,15-16,19,21,23,36H,5-8,10-11,13-14,17H2,(H2,30,31,32,33,34). The van der Waals surface area contributed by atoms with E-state index in [4.69, 9.17) is 16.6 Å². The van der Waals surface area contributed by atoms with Crippen LogP contribution in [0.25, 0.3) is 0 Å². The summed E-state index contributed by atoms with van der Waals surface area (Å²) >= 11 is 6.03. The molecule has 0 unspecified atom stereocenters. The monoisotopic (exact) mass is 510 g/mol. The van der Waals surface area contributed by atoms with E-state index in [2.05, 4.69) is 25.5 Å². The van der Waals surface area contributed by atoms with Crippen LogP contribution in [0.3, 0.4) is 0 Å². The molecule has 3 aromatic rings. The zero-order valence-corrected chi connectivity index (χ0v) is 21.0. The van der Waals surface area contributed by atoms with Gasteiger partial charge in [-0.25, -0.2) is 14.4 Å². The number of aromatic nitrogens is 3. The maximum absolute atomic E-state index is 13.2. The van der Waals surface area contributed by atoms with Crippen molar-refractivity contribution in [2.75, 3.05) is 23.7 Å². The number of piperidine rings is 1. The van der Waals surface area contributed by atoms with Crippen LogP contribution in [0.5, 0.6) is 0 Å². The van der Waals surface area contributed by atoms with Crippen LogP contribution in [-0.2, 0) is 6.54 Å². The van der Waals surface area contributed by atoms with Crippen molar-refractivity contribution in [2.24, 2.45) is 0 Å². The second-order valence-corrected chi connectivity index (χ2v) is 10.2. The number of hydrogen-bond donors (Lipinski definition) is 3. The largest absolute Gasteiger partial charge is 0.393 e. The molecule has 0 radical (unpaired) electrons. The Morgan fingerprint density at radius 1 is 1.00 bits per heavy atom. The van der Waals surface area contributed by atoms with Crippen LogP contribution >= 0.6 is 11.6 Å². The van der Waals surface area contributed by atoms with Gasteiger partial charge in [-0.1, -0.05) is 23.7 Å².